The number of halogens is 2. The van der Waals surface area contributed by atoms with Crippen molar-refractivity contribution in [1.29, 1.82) is 0 Å². The lowest BCUT2D eigenvalue weighted by Gasteiger charge is -2.17. The SMILES string of the molecule is Cc1ccc([C@@H](C)NC(=O)c2ccc(Cl)cc2Cl)c(C)c1. The van der Waals surface area contributed by atoms with Gasteiger partial charge in [0.05, 0.1) is 16.6 Å². The smallest absolute Gasteiger partial charge is 0.253 e. The molecule has 0 radical (unpaired) electrons. The molecular weight excluding hydrogens is 305 g/mol. The second-order valence-electron chi connectivity index (χ2n) is 5.18. The quantitative estimate of drug-likeness (QED) is 0.837. The molecule has 0 unspecified atom stereocenters. The van der Waals surface area contributed by atoms with Gasteiger partial charge in [0.15, 0.2) is 0 Å². The highest BCUT2D eigenvalue weighted by atomic mass is 35.5. The van der Waals surface area contributed by atoms with Crippen LogP contribution in [0.5, 0.6) is 0 Å². The van der Waals surface area contributed by atoms with Crippen molar-refractivity contribution in [3.63, 3.8) is 0 Å². The van der Waals surface area contributed by atoms with E-state index in [0.717, 1.165) is 11.1 Å². The van der Waals surface area contributed by atoms with Gasteiger partial charge in [-0.15, -0.1) is 0 Å². The van der Waals surface area contributed by atoms with Crippen molar-refractivity contribution in [3.05, 3.63) is 68.7 Å². The molecule has 0 fully saturated rings. The van der Waals surface area contributed by atoms with E-state index in [-0.39, 0.29) is 11.9 Å². The topological polar surface area (TPSA) is 29.1 Å². The zero-order valence-electron chi connectivity index (χ0n) is 12.2. The van der Waals surface area contributed by atoms with E-state index in [2.05, 4.69) is 11.4 Å². The van der Waals surface area contributed by atoms with Crippen LogP contribution in [0.4, 0.5) is 0 Å². The van der Waals surface area contributed by atoms with Crippen LogP contribution in [0.15, 0.2) is 36.4 Å². The maximum atomic E-state index is 12.3. The maximum Gasteiger partial charge on any atom is 0.253 e. The van der Waals surface area contributed by atoms with E-state index >= 15 is 0 Å². The lowest BCUT2D eigenvalue weighted by atomic mass is 10.00. The molecular formula is C17H17Cl2NO. The Morgan fingerprint density at radius 2 is 1.81 bits per heavy atom. The molecule has 1 amide bonds. The zero-order valence-corrected chi connectivity index (χ0v) is 13.7. The number of aryl methyl sites for hydroxylation is 2. The van der Waals surface area contributed by atoms with E-state index in [1.807, 2.05) is 32.9 Å². The molecule has 2 aromatic rings. The monoisotopic (exact) mass is 321 g/mol. The lowest BCUT2D eigenvalue weighted by molar-refractivity contribution is 0.0940. The molecule has 2 aromatic carbocycles. The molecule has 1 atom stereocenters. The number of amides is 1. The molecule has 4 heteroatoms. The molecule has 0 spiro atoms. The van der Waals surface area contributed by atoms with Crippen LogP contribution in [0.3, 0.4) is 0 Å². The minimum absolute atomic E-state index is 0.0927. The van der Waals surface area contributed by atoms with E-state index in [1.54, 1.807) is 18.2 Å². The summed E-state index contributed by atoms with van der Waals surface area (Å²) in [6, 6.07) is 11.0. The number of benzene rings is 2. The average Bonchev–Trinajstić information content (AvgIpc) is 2.37. The lowest BCUT2D eigenvalue weighted by Crippen LogP contribution is -2.27. The molecule has 21 heavy (non-hydrogen) atoms. The third kappa shape index (κ3) is 3.78. The molecule has 0 heterocycles. The third-order valence-corrected chi connectivity index (χ3v) is 3.96. The summed E-state index contributed by atoms with van der Waals surface area (Å²) in [5, 5.41) is 3.83. The van der Waals surface area contributed by atoms with E-state index in [1.165, 1.54) is 5.56 Å². The zero-order chi connectivity index (χ0) is 15.6. The Hall–Kier alpha value is -1.51. The summed E-state index contributed by atoms with van der Waals surface area (Å²) in [5.41, 5.74) is 3.89. The Balaban J connectivity index is 2.18. The van der Waals surface area contributed by atoms with Crippen molar-refractivity contribution in [2.24, 2.45) is 0 Å². The summed E-state index contributed by atoms with van der Waals surface area (Å²) < 4.78 is 0. The minimum Gasteiger partial charge on any atom is -0.345 e. The summed E-state index contributed by atoms with van der Waals surface area (Å²) in [6.45, 7) is 6.05. The first-order valence-electron chi connectivity index (χ1n) is 6.71. The Bertz CT molecular complexity index is 682. The molecule has 110 valence electrons. The van der Waals surface area contributed by atoms with Gasteiger partial charge in [-0.2, -0.15) is 0 Å². The Labute approximate surface area is 135 Å². The second-order valence-corrected chi connectivity index (χ2v) is 6.02. The number of hydrogen-bond acceptors (Lipinski definition) is 1. The number of carbonyl (C=O) groups is 1. The molecule has 0 bridgehead atoms. The second kappa shape index (κ2) is 6.50. The highest BCUT2D eigenvalue weighted by molar-refractivity contribution is 6.36. The van der Waals surface area contributed by atoms with Gasteiger partial charge < -0.3 is 5.32 Å². The van der Waals surface area contributed by atoms with E-state index in [4.69, 9.17) is 23.2 Å². The van der Waals surface area contributed by atoms with Crippen LogP contribution in [0, 0.1) is 13.8 Å². The Morgan fingerprint density at radius 1 is 1.10 bits per heavy atom. The van der Waals surface area contributed by atoms with Gasteiger partial charge in [-0.25, -0.2) is 0 Å². The summed E-state index contributed by atoms with van der Waals surface area (Å²) in [6.07, 6.45) is 0. The van der Waals surface area contributed by atoms with Gasteiger partial charge in [0.1, 0.15) is 0 Å². The molecule has 0 aromatic heterocycles. The average molecular weight is 322 g/mol. The largest absolute Gasteiger partial charge is 0.345 e. The first kappa shape index (κ1) is 15.9. The summed E-state index contributed by atoms with van der Waals surface area (Å²) in [5.74, 6) is -0.204. The van der Waals surface area contributed by atoms with Crippen molar-refractivity contribution >= 4 is 29.1 Å². The van der Waals surface area contributed by atoms with Crippen molar-refractivity contribution < 1.29 is 4.79 Å². The molecule has 2 rings (SSSR count). The molecule has 0 aliphatic heterocycles. The van der Waals surface area contributed by atoms with Crippen LogP contribution in [-0.4, -0.2) is 5.91 Å². The first-order valence-corrected chi connectivity index (χ1v) is 7.47. The van der Waals surface area contributed by atoms with Gasteiger partial charge in [0.2, 0.25) is 0 Å². The number of nitrogens with one attached hydrogen (secondary N) is 1. The highest BCUT2D eigenvalue weighted by Crippen LogP contribution is 2.23. The van der Waals surface area contributed by atoms with Crippen LogP contribution in [0.2, 0.25) is 10.0 Å². The van der Waals surface area contributed by atoms with Crippen LogP contribution in [-0.2, 0) is 0 Å². The predicted molar refractivity (Wildman–Crippen MR) is 88.3 cm³/mol. The normalized spacial score (nSPS) is 12.0. The fourth-order valence-electron chi connectivity index (χ4n) is 2.34. The van der Waals surface area contributed by atoms with Gasteiger partial charge in [-0.1, -0.05) is 47.0 Å². The summed E-state index contributed by atoms with van der Waals surface area (Å²) in [4.78, 5) is 12.3. The number of rotatable bonds is 3. The van der Waals surface area contributed by atoms with Gasteiger partial charge in [0.25, 0.3) is 5.91 Å². The van der Waals surface area contributed by atoms with Gasteiger partial charge in [0, 0.05) is 5.02 Å². The van der Waals surface area contributed by atoms with E-state index < -0.39 is 0 Å². The van der Waals surface area contributed by atoms with Crippen molar-refractivity contribution in [1.82, 2.24) is 5.32 Å². The predicted octanol–water partition coefficient (Wildman–Crippen LogP) is 5.10. The molecule has 0 aliphatic rings. The van der Waals surface area contributed by atoms with E-state index in [0.29, 0.717) is 15.6 Å². The number of hydrogen-bond donors (Lipinski definition) is 1. The summed E-state index contributed by atoms with van der Waals surface area (Å²) >= 11 is 11.9. The van der Waals surface area contributed by atoms with Crippen molar-refractivity contribution in [2.45, 2.75) is 26.8 Å². The third-order valence-electron chi connectivity index (χ3n) is 3.42. The standard InChI is InChI=1S/C17H17Cl2NO/c1-10-4-6-14(11(2)8-10)12(3)20-17(21)15-7-5-13(18)9-16(15)19/h4-9,12H,1-3H3,(H,20,21)/t12-/m1/s1. The van der Waals surface area contributed by atoms with Crippen molar-refractivity contribution in [3.8, 4) is 0 Å². The number of carbonyl (C=O) groups excluding carboxylic acids is 1. The van der Waals surface area contributed by atoms with Crippen LogP contribution >= 0.6 is 23.2 Å². The van der Waals surface area contributed by atoms with Crippen LogP contribution in [0.25, 0.3) is 0 Å². The first-order chi connectivity index (χ1) is 9.88. The molecule has 0 aliphatic carbocycles. The van der Waals surface area contributed by atoms with Crippen LogP contribution < -0.4 is 5.32 Å². The van der Waals surface area contributed by atoms with Gasteiger partial charge in [-0.3, -0.25) is 4.79 Å². The molecule has 2 nitrogen and oxygen atoms in total. The Morgan fingerprint density at radius 3 is 2.43 bits per heavy atom. The fraction of sp³-hybridized carbons (Fsp3) is 0.235. The van der Waals surface area contributed by atoms with Crippen LogP contribution in [0.1, 0.15) is 40.0 Å². The van der Waals surface area contributed by atoms with Gasteiger partial charge >= 0.3 is 0 Å². The summed E-state index contributed by atoms with van der Waals surface area (Å²) in [7, 11) is 0. The fourth-order valence-corrected chi connectivity index (χ4v) is 2.83. The highest BCUT2D eigenvalue weighted by Gasteiger charge is 2.15. The maximum absolute atomic E-state index is 12.3. The van der Waals surface area contributed by atoms with Gasteiger partial charge in [-0.05, 0) is 50.1 Å². The molecule has 1 N–H and O–H groups in total. The molecule has 0 saturated carbocycles. The van der Waals surface area contributed by atoms with E-state index in [9.17, 15) is 4.79 Å². The Kier molecular flexibility index (Phi) is 4.92. The molecule has 0 saturated heterocycles. The van der Waals surface area contributed by atoms with Crippen molar-refractivity contribution in [2.75, 3.05) is 0 Å². The minimum atomic E-state index is -0.204.